The van der Waals surface area contributed by atoms with Gasteiger partial charge in [-0.2, -0.15) is 0 Å². The van der Waals surface area contributed by atoms with Crippen LogP contribution in [0.15, 0.2) is 34.9 Å². The van der Waals surface area contributed by atoms with Gasteiger partial charge < -0.3 is 15.1 Å². The number of oxazole rings is 1. The van der Waals surface area contributed by atoms with Gasteiger partial charge >= 0.3 is 5.91 Å². The van der Waals surface area contributed by atoms with Gasteiger partial charge in [-0.15, -0.1) is 0 Å². The van der Waals surface area contributed by atoms with Gasteiger partial charge in [0.15, 0.2) is 5.76 Å². The van der Waals surface area contributed by atoms with Gasteiger partial charge in [0.25, 0.3) is 5.89 Å². The molecule has 2 aromatic rings. The van der Waals surface area contributed by atoms with Crippen molar-refractivity contribution in [1.82, 2.24) is 15.6 Å². The van der Waals surface area contributed by atoms with Crippen molar-refractivity contribution in [3.8, 4) is 11.3 Å². The highest BCUT2D eigenvalue weighted by Gasteiger charge is 2.40. The fourth-order valence-electron chi connectivity index (χ4n) is 3.57. The van der Waals surface area contributed by atoms with Crippen LogP contribution in [0.2, 0.25) is 0 Å². The van der Waals surface area contributed by atoms with Gasteiger partial charge in [-0.1, -0.05) is 24.3 Å². The summed E-state index contributed by atoms with van der Waals surface area (Å²) in [6.45, 7) is 2.01. The van der Waals surface area contributed by atoms with E-state index in [0.717, 1.165) is 24.0 Å². The number of amides is 1. The highest BCUT2D eigenvalue weighted by atomic mass is 16.4. The first-order valence-electron chi connectivity index (χ1n) is 7.79. The van der Waals surface area contributed by atoms with E-state index in [-0.39, 0.29) is 17.8 Å². The van der Waals surface area contributed by atoms with E-state index < -0.39 is 0 Å². The van der Waals surface area contributed by atoms with E-state index >= 15 is 0 Å². The molecule has 0 unspecified atom stereocenters. The summed E-state index contributed by atoms with van der Waals surface area (Å²) in [5.41, 5.74) is 2.07. The number of nitrogens with one attached hydrogen (secondary N) is 2. The molecular formula is C17H19N3O2. The minimum Gasteiger partial charge on any atom is -0.432 e. The molecule has 2 saturated heterocycles. The van der Waals surface area contributed by atoms with Crippen molar-refractivity contribution in [3.63, 3.8) is 0 Å². The summed E-state index contributed by atoms with van der Waals surface area (Å²) < 4.78 is 5.66. The Morgan fingerprint density at radius 3 is 2.95 bits per heavy atom. The van der Waals surface area contributed by atoms with Crippen LogP contribution in [0.5, 0.6) is 0 Å². The minimum absolute atomic E-state index is 0.140. The summed E-state index contributed by atoms with van der Waals surface area (Å²) in [6.07, 6.45) is 4.97. The van der Waals surface area contributed by atoms with E-state index in [4.69, 9.17) is 4.42 Å². The van der Waals surface area contributed by atoms with Crippen molar-refractivity contribution < 1.29 is 9.21 Å². The van der Waals surface area contributed by atoms with Crippen LogP contribution in [0.1, 0.15) is 35.5 Å². The summed E-state index contributed by atoms with van der Waals surface area (Å²) in [4.78, 5) is 16.5. The topological polar surface area (TPSA) is 67.2 Å². The normalized spacial score (nSPS) is 26.3. The molecule has 0 saturated carbocycles. The molecule has 3 atom stereocenters. The molecule has 2 bridgehead atoms. The Kier molecular flexibility index (Phi) is 3.22. The van der Waals surface area contributed by atoms with Gasteiger partial charge in [-0.3, -0.25) is 4.79 Å². The maximum Gasteiger partial charge on any atom is 0.307 e. The third kappa shape index (κ3) is 2.31. The molecule has 2 fully saturated rings. The van der Waals surface area contributed by atoms with E-state index in [1.807, 2.05) is 31.2 Å². The molecule has 0 aliphatic carbocycles. The zero-order chi connectivity index (χ0) is 15.1. The van der Waals surface area contributed by atoms with E-state index in [2.05, 4.69) is 15.6 Å². The summed E-state index contributed by atoms with van der Waals surface area (Å²) in [7, 11) is 0. The smallest absolute Gasteiger partial charge is 0.307 e. The average molecular weight is 297 g/mol. The Morgan fingerprint density at radius 2 is 2.23 bits per heavy atom. The van der Waals surface area contributed by atoms with Gasteiger partial charge in [0.05, 0.1) is 6.20 Å². The van der Waals surface area contributed by atoms with Crippen molar-refractivity contribution in [2.45, 2.75) is 44.3 Å². The van der Waals surface area contributed by atoms with Crippen LogP contribution in [0.4, 0.5) is 0 Å². The molecule has 1 aromatic heterocycles. The molecule has 2 aliphatic rings. The summed E-state index contributed by atoms with van der Waals surface area (Å²) in [5, 5.41) is 6.56. The molecule has 22 heavy (non-hydrogen) atoms. The number of nitrogens with zero attached hydrogens (tertiary/aromatic N) is 1. The lowest BCUT2D eigenvalue weighted by Crippen LogP contribution is -2.43. The fourth-order valence-corrected chi connectivity index (χ4v) is 3.57. The number of rotatable bonds is 3. The van der Waals surface area contributed by atoms with E-state index in [1.165, 1.54) is 6.42 Å². The third-order valence-corrected chi connectivity index (χ3v) is 4.73. The average Bonchev–Trinajstić information content (AvgIpc) is 3.24. The summed E-state index contributed by atoms with van der Waals surface area (Å²) in [5.74, 6) is 0.550. The van der Waals surface area contributed by atoms with Crippen molar-refractivity contribution in [2.24, 2.45) is 0 Å². The first-order valence-corrected chi connectivity index (χ1v) is 7.79. The zero-order valence-corrected chi connectivity index (χ0v) is 12.5. The van der Waals surface area contributed by atoms with E-state index in [1.54, 1.807) is 6.20 Å². The number of benzene rings is 1. The molecule has 5 heteroatoms. The number of carbonyl (C=O) groups is 1. The Bertz CT molecular complexity index is 709. The molecule has 4 rings (SSSR count). The van der Waals surface area contributed by atoms with Crippen molar-refractivity contribution in [1.29, 1.82) is 0 Å². The number of aryl methyl sites for hydroxylation is 1. The van der Waals surface area contributed by atoms with Crippen LogP contribution < -0.4 is 10.6 Å². The highest BCUT2D eigenvalue weighted by molar-refractivity contribution is 5.90. The molecule has 5 nitrogen and oxygen atoms in total. The predicted octanol–water partition coefficient (Wildman–Crippen LogP) is 2.27. The predicted molar refractivity (Wildman–Crippen MR) is 82.5 cm³/mol. The molecule has 2 N–H and O–H groups in total. The van der Waals surface area contributed by atoms with Crippen molar-refractivity contribution in [2.75, 3.05) is 0 Å². The van der Waals surface area contributed by atoms with E-state index in [9.17, 15) is 4.79 Å². The monoisotopic (exact) mass is 297 g/mol. The first-order chi connectivity index (χ1) is 10.7. The number of carbonyl (C=O) groups excluding carboxylic acids is 1. The maximum absolute atomic E-state index is 12.3. The maximum atomic E-state index is 12.3. The van der Waals surface area contributed by atoms with Crippen LogP contribution in [0.25, 0.3) is 11.3 Å². The standard InChI is InChI=1S/C17H19N3O2/c1-10-4-2-3-5-12(10)15-9-18-17(22-15)16(21)20-14-8-11-6-7-13(14)19-11/h2-5,9,11,13-14,19H,6-8H2,1H3,(H,20,21)/t11-,13+,14-/m1/s1. The zero-order valence-electron chi connectivity index (χ0n) is 12.5. The summed E-state index contributed by atoms with van der Waals surface area (Å²) in [6, 6.07) is 9.06. The Morgan fingerprint density at radius 1 is 1.36 bits per heavy atom. The number of hydrogen-bond acceptors (Lipinski definition) is 4. The molecule has 3 heterocycles. The quantitative estimate of drug-likeness (QED) is 0.912. The van der Waals surface area contributed by atoms with Crippen LogP contribution in [0, 0.1) is 6.92 Å². The Balaban J connectivity index is 1.49. The largest absolute Gasteiger partial charge is 0.432 e. The first kappa shape index (κ1) is 13.5. The van der Waals surface area contributed by atoms with Crippen LogP contribution in [0.3, 0.4) is 0 Å². The SMILES string of the molecule is Cc1ccccc1-c1cnc(C(=O)N[C@@H]2C[C@H]3CC[C@@H]2N3)o1. The lowest BCUT2D eigenvalue weighted by atomic mass is 9.95. The second-order valence-corrected chi connectivity index (χ2v) is 6.21. The van der Waals surface area contributed by atoms with Gasteiger partial charge in [0, 0.05) is 23.7 Å². The lowest BCUT2D eigenvalue weighted by Gasteiger charge is -2.20. The Hall–Kier alpha value is -2.14. The van der Waals surface area contributed by atoms with Crippen LogP contribution >= 0.6 is 0 Å². The number of aromatic nitrogens is 1. The molecule has 1 amide bonds. The molecule has 2 aliphatic heterocycles. The van der Waals surface area contributed by atoms with E-state index in [0.29, 0.717) is 17.8 Å². The van der Waals surface area contributed by atoms with Crippen LogP contribution in [-0.4, -0.2) is 29.0 Å². The summed E-state index contributed by atoms with van der Waals surface area (Å²) >= 11 is 0. The van der Waals surface area contributed by atoms with Gasteiger partial charge in [0.1, 0.15) is 0 Å². The van der Waals surface area contributed by atoms with Gasteiger partial charge in [0.2, 0.25) is 0 Å². The fraction of sp³-hybridized carbons (Fsp3) is 0.412. The highest BCUT2D eigenvalue weighted by Crippen LogP contribution is 2.29. The van der Waals surface area contributed by atoms with Crippen LogP contribution in [-0.2, 0) is 0 Å². The minimum atomic E-state index is -0.223. The molecule has 114 valence electrons. The van der Waals surface area contributed by atoms with Gasteiger partial charge in [-0.05, 0) is 31.7 Å². The molecule has 1 aromatic carbocycles. The second-order valence-electron chi connectivity index (χ2n) is 6.21. The van der Waals surface area contributed by atoms with Crippen molar-refractivity contribution >= 4 is 5.91 Å². The number of fused-ring (bicyclic) bond motifs is 2. The second kappa shape index (κ2) is 5.25. The lowest BCUT2D eigenvalue weighted by molar-refractivity contribution is 0.0896. The third-order valence-electron chi connectivity index (χ3n) is 4.73. The van der Waals surface area contributed by atoms with Gasteiger partial charge in [-0.25, -0.2) is 4.98 Å². The molecule has 0 spiro atoms. The molecule has 0 radical (unpaired) electrons. The Labute approximate surface area is 129 Å². The number of hydrogen-bond donors (Lipinski definition) is 2. The van der Waals surface area contributed by atoms with Crippen molar-refractivity contribution in [3.05, 3.63) is 41.9 Å². The molecular weight excluding hydrogens is 278 g/mol.